The molecule has 1 amide bonds. The van der Waals surface area contributed by atoms with Gasteiger partial charge >= 0.3 is 0 Å². The van der Waals surface area contributed by atoms with E-state index in [-0.39, 0.29) is 5.82 Å². The number of para-hydroxylation sites is 1. The lowest BCUT2D eigenvalue weighted by Crippen LogP contribution is -2.30. The van der Waals surface area contributed by atoms with Gasteiger partial charge in [0.15, 0.2) is 0 Å². The highest BCUT2D eigenvalue weighted by atomic mass is 19.1. The summed E-state index contributed by atoms with van der Waals surface area (Å²) in [6.07, 6.45) is 1.90. The molecule has 0 radical (unpaired) electrons. The van der Waals surface area contributed by atoms with E-state index in [9.17, 15) is 9.18 Å². The Hall–Kier alpha value is -2.66. The number of hydrazine groups is 1. The fraction of sp³-hybridized carbons (Fsp3) is 0.0625. The number of nitrogen functional groups attached to an aromatic ring is 1. The maximum Gasteiger partial charge on any atom is 0.265 e. The zero-order valence-corrected chi connectivity index (χ0v) is 11.2. The third-order valence-electron chi connectivity index (χ3n) is 3.46. The van der Waals surface area contributed by atoms with Gasteiger partial charge in [0.2, 0.25) is 0 Å². The first kappa shape index (κ1) is 13.3. The van der Waals surface area contributed by atoms with Gasteiger partial charge in [0.1, 0.15) is 5.82 Å². The van der Waals surface area contributed by atoms with Crippen LogP contribution in [0.5, 0.6) is 0 Å². The number of amides is 1. The van der Waals surface area contributed by atoms with Crippen molar-refractivity contribution in [3.63, 3.8) is 0 Å². The van der Waals surface area contributed by atoms with Crippen molar-refractivity contribution in [1.29, 1.82) is 0 Å². The Morgan fingerprint density at radius 1 is 1.19 bits per heavy atom. The summed E-state index contributed by atoms with van der Waals surface area (Å²) in [5.74, 6) is 4.32. The number of nitrogens with one attached hydrogen (secondary N) is 1. The van der Waals surface area contributed by atoms with E-state index < -0.39 is 5.91 Å². The van der Waals surface area contributed by atoms with Crippen molar-refractivity contribution < 1.29 is 9.18 Å². The van der Waals surface area contributed by atoms with Gasteiger partial charge in [-0.3, -0.25) is 10.2 Å². The molecule has 0 aliphatic rings. The molecule has 0 bridgehead atoms. The number of hydrogen-bond acceptors (Lipinski definition) is 2. The van der Waals surface area contributed by atoms with Gasteiger partial charge in [-0.2, -0.15) is 0 Å². The molecule has 0 atom stereocenters. The highest BCUT2D eigenvalue weighted by Crippen LogP contribution is 2.19. The number of carbonyl (C=O) groups excluding carboxylic acids is 1. The molecule has 4 nitrogen and oxygen atoms in total. The largest absolute Gasteiger partial charge is 0.343 e. The molecule has 2 aromatic carbocycles. The molecule has 3 aromatic rings. The van der Waals surface area contributed by atoms with Crippen LogP contribution in [-0.2, 0) is 6.54 Å². The third-order valence-corrected chi connectivity index (χ3v) is 3.46. The second-order valence-electron chi connectivity index (χ2n) is 4.78. The minimum atomic E-state index is -0.436. The fourth-order valence-corrected chi connectivity index (χ4v) is 2.38. The van der Waals surface area contributed by atoms with Crippen LogP contribution in [0.4, 0.5) is 4.39 Å². The van der Waals surface area contributed by atoms with Crippen molar-refractivity contribution in [2.45, 2.75) is 6.54 Å². The van der Waals surface area contributed by atoms with Crippen LogP contribution in [0.1, 0.15) is 15.9 Å². The van der Waals surface area contributed by atoms with E-state index in [0.29, 0.717) is 17.7 Å². The van der Waals surface area contributed by atoms with Gasteiger partial charge in [-0.05, 0) is 35.7 Å². The van der Waals surface area contributed by atoms with Crippen molar-refractivity contribution in [2.24, 2.45) is 5.84 Å². The zero-order valence-electron chi connectivity index (χ0n) is 11.2. The first-order chi connectivity index (χ1) is 10.2. The van der Waals surface area contributed by atoms with Gasteiger partial charge in [0.25, 0.3) is 5.91 Å². The Bertz CT molecular complexity index is 810. The van der Waals surface area contributed by atoms with Crippen molar-refractivity contribution in [1.82, 2.24) is 9.99 Å². The van der Waals surface area contributed by atoms with E-state index in [1.807, 2.05) is 46.5 Å². The molecule has 3 rings (SSSR count). The van der Waals surface area contributed by atoms with Crippen LogP contribution in [0, 0.1) is 5.82 Å². The molecule has 0 spiro atoms. The highest BCUT2D eigenvalue weighted by molar-refractivity contribution is 5.93. The number of fused-ring (bicyclic) bond motifs is 1. The zero-order chi connectivity index (χ0) is 14.8. The normalized spacial score (nSPS) is 10.8. The molecule has 0 aliphatic carbocycles. The smallest absolute Gasteiger partial charge is 0.265 e. The van der Waals surface area contributed by atoms with E-state index >= 15 is 0 Å². The molecular formula is C16H14FN3O. The molecule has 0 unspecified atom stereocenters. The van der Waals surface area contributed by atoms with Gasteiger partial charge in [-0.25, -0.2) is 10.2 Å². The molecule has 0 saturated carbocycles. The van der Waals surface area contributed by atoms with Crippen LogP contribution in [0.25, 0.3) is 10.9 Å². The summed E-state index contributed by atoms with van der Waals surface area (Å²) in [4.78, 5) is 11.5. The van der Waals surface area contributed by atoms with Crippen LogP contribution in [0.2, 0.25) is 0 Å². The second-order valence-corrected chi connectivity index (χ2v) is 4.78. The summed E-state index contributed by atoms with van der Waals surface area (Å²) < 4.78 is 15.9. The molecule has 106 valence electrons. The number of halogens is 1. The summed E-state index contributed by atoms with van der Waals surface area (Å²) in [5.41, 5.74) is 3.85. The quantitative estimate of drug-likeness (QED) is 0.440. The molecule has 1 heterocycles. The van der Waals surface area contributed by atoms with Crippen LogP contribution in [0.3, 0.4) is 0 Å². The van der Waals surface area contributed by atoms with E-state index in [1.54, 1.807) is 0 Å². The van der Waals surface area contributed by atoms with Gasteiger partial charge in [-0.15, -0.1) is 0 Å². The minimum absolute atomic E-state index is 0.338. The Kier molecular flexibility index (Phi) is 3.41. The summed E-state index contributed by atoms with van der Waals surface area (Å²) in [6, 6.07) is 14.1. The highest BCUT2D eigenvalue weighted by Gasteiger charge is 2.10. The summed E-state index contributed by atoms with van der Waals surface area (Å²) in [7, 11) is 0. The van der Waals surface area contributed by atoms with Crippen molar-refractivity contribution in [2.75, 3.05) is 0 Å². The molecule has 1 aromatic heterocycles. The predicted octanol–water partition coefficient (Wildman–Crippen LogP) is 2.43. The maximum absolute atomic E-state index is 14.0. The number of benzene rings is 2. The van der Waals surface area contributed by atoms with Crippen LogP contribution in [0.15, 0.2) is 54.7 Å². The lowest BCUT2D eigenvalue weighted by Gasteiger charge is -2.09. The second kappa shape index (κ2) is 5.38. The molecule has 0 fully saturated rings. The van der Waals surface area contributed by atoms with E-state index in [1.165, 1.54) is 18.2 Å². The van der Waals surface area contributed by atoms with E-state index in [4.69, 9.17) is 5.84 Å². The monoisotopic (exact) mass is 283 g/mol. The van der Waals surface area contributed by atoms with Gasteiger partial charge in [0, 0.05) is 22.8 Å². The molecular weight excluding hydrogens is 269 g/mol. The number of carbonyl (C=O) groups is 1. The van der Waals surface area contributed by atoms with Gasteiger partial charge in [0.05, 0.1) is 6.54 Å². The maximum atomic E-state index is 14.0. The first-order valence-corrected chi connectivity index (χ1v) is 6.52. The van der Waals surface area contributed by atoms with Crippen LogP contribution in [-0.4, -0.2) is 10.5 Å². The Morgan fingerprint density at radius 2 is 2.00 bits per heavy atom. The summed E-state index contributed by atoms with van der Waals surface area (Å²) >= 11 is 0. The van der Waals surface area contributed by atoms with Crippen molar-refractivity contribution >= 4 is 16.8 Å². The Morgan fingerprint density at radius 3 is 2.81 bits per heavy atom. The first-order valence-electron chi connectivity index (χ1n) is 6.52. The third kappa shape index (κ3) is 2.51. The Balaban J connectivity index is 1.99. The number of nitrogens with zero attached hydrogens (tertiary/aromatic N) is 1. The summed E-state index contributed by atoms with van der Waals surface area (Å²) in [5, 5.41) is 1.09. The van der Waals surface area contributed by atoms with Crippen LogP contribution < -0.4 is 11.3 Å². The molecule has 3 N–H and O–H groups in total. The summed E-state index contributed by atoms with van der Waals surface area (Å²) in [6.45, 7) is 0.352. The molecule has 5 heteroatoms. The predicted molar refractivity (Wildman–Crippen MR) is 79.1 cm³/mol. The van der Waals surface area contributed by atoms with Gasteiger partial charge in [-0.1, -0.05) is 18.2 Å². The van der Waals surface area contributed by atoms with Crippen molar-refractivity contribution in [3.8, 4) is 0 Å². The van der Waals surface area contributed by atoms with Gasteiger partial charge < -0.3 is 4.57 Å². The topological polar surface area (TPSA) is 60.0 Å². The SMILES string of the molecule is NNC(=O)c1ccc(F)c(Cn2ccc3ccccc32)c1. The molecule has 0 aliphatic heterocycles. The lowest BCUT2D eigenvalue weighted by molar-refractivity contribution is 0.0953. The average Bonchev–Trinajstić information content (AvgIpc) is 2.92. The number of nitrogens with two attached hydrogens (primary N) is 1. The number of aromatic nitrogens is 1. The average molecular weight is 283 g/mol. The number of hydrogen-bond donors (Lipinski definition) is 2. The lowest BCUT2D eigenvalue weighted by atomic mass is 10.1. The fourth-order valence-electron chi connectivity index (χ4n) is 2.38. The molecule has 0 saturated heterocycles. The molecule has 21 heavy (non-hydrogen) atoms. The standard InChI is InChI=1S/C16H14FN3O/c17-14-6-5-12(16(21)19-18)9-13(14)10-20-8-7-11-3-1-2-4-15(11)20/h1-9H,10,18H2,(H,19,21). The van der Waals surface area contributed by atoms with E-state index in [0.717, 1.165) is 10.9 Å². The Labute approximate surface area is 121 Å². The minimum Gasteiger partial charge on any atom is -0.343 e. The van der Waals surface area contributed by atoms with E-state index in [2.05, 4.69) is 0 Å². The van der Waals surface area contributed by atoms with Crippen LogP contribution >= 0.6 is 0 Å². The van der Waals surface area contributed by atoms with Crippen molar-refractivity contribution in [3.05, 3.63) is 71.7 Å². The number of rotatable bonds is 3.